The van der Waals surface area contributed by atoms with Gasteiger partial charge in [-0.1, -0.05) is 70.1 Å². The zero-order valence-electron chi connectivity index (χ0n) is 41.9. The van der Waals surface area contributed by atoms with Gasteiger partial charge in [-0.3, -0.25) is 54.0 Å². The standard InChI is InChI=1S/C48H68N16O10S2/c1-26(66)57-31(14-7-17-54-47(50)51)40(68)63-37-25-76-75-24-36(39(49)67)62-43(71)34(21-28-22-56-30-13-6-5-12-29(28)30)59-41(69)32(15-8-18-55-48(52)53)58-42(70)33(20-27-10-3-2-4-11-27)60-45(73)38-16-9-19-64(38)46(74)35(23-65)61-44(37)72/h2-6,10-13,22,31-38,56,65H,7-9,14-21,23-25H2,1H3,(H2,49,67)(H,57,66)(H,58,70)(H,59,69)(H,60,73)(H,61,72)(H,62,71)(H,63,68)(H4,50,51,54)(H4,52,53,55)/t31-,32-,33+,34-,35+,36-,37-,38-/m0/s1. The third-order valence-electron chi connectivity index (χ3n) is 12.4. The number of rotatable bonds is 17. The van der Waals surface area contributed by atoms with E-state index in [2.05, 4.69) is 52.8 Å². The van der Waals surface area contributed by atoms with Gasteiger partial charge in [0.2, 0.25) is 53.2 Å². The summed E-state index contributed by atoms with van der Waals surface area (Å²) >= 11 is 0. The number of aromatic nitrogens is 1. The Hall–Kier alpha value is -7.59. The van der Waals surface area contributed by atoms with Crippen LogP contribution in [0.5, 0.6) is 0 Å². The summed E-state index contributed by atoms with van der Waals surface area (Å²) in [5.41, 5.74) is 18.7. The molecular formula is C48H68N16O10S2. The minimum Gasteiger partial charge on any atom is -0.394 e. The number of nitrogens with zero attached hydrogens (tertiary/aromatic N) is 1. The first kappa shape index (κ1) is 59.3. The summed E-state index contributed by atoms with van der Waals surface area (Å²) in [5.74, 6) is -8.31. The normalized spacial score (nSPS) is 22.8. The lowest BCUT2D eigenvalue weighted by Crippen LogP contribution is -2.61. The Labute approximate surface area is 446 Å². The zero-order valence-corrected chi connectivity index (χ0v) is 43.5. The molecule has 2 aliphatic rings. The van der Waals surface area contributed by atoms with Gasteiger partial charge in [0.05, 0.1) is 6.61 Å². The fraction of sp³-hybridized carbons (Fsp3) is 0.479. The average molecular weight is 1090 g/mol. The minimum atomic E-state index is -1.63. The smallest absolute Gasteiger partial charge is 0.248 e. The maximum Gasteiger partial charge on any atom is 0.248 e. The van der Waals surface area contributed by atoms with E-state index in [0.29, 0.717) is 17.5 Å². The van der Waals surface area contributed by atoms with E-state index in [1.165, 1.54) is 11.8 Å². The number of aliphatic hydroxyl groups is 1. The molecule has 1 aromatic heterocycles. The van der Waals surface area contributed by atoms with Crippen LogP contribution in [0.1, 0.15) is 56.6 Å². The maximum absolute atomic E-state index is 14.6. The number of hydrogen-bond donors (Lipinski definition) is 16. The molecule has 0 bridgehead atoms. The monoisotopic (exact) mass is 1090 g/mol. The fourth-order valence-electron chi connectivity index (χ4n) is 8.56. The van der Waals surface area contributed by atoms with Crippen molar-refractivity contribution in [1.29, 1.82) is 10.8 Å². The zero-order chi connectivity index (χ0) is 55.3. The third-order valence-corrected chi connectivity index (χ3v) is 14.8. The number of nitrogens with two attached hydrogens (primary N) is 3. The van der Waals surface area contributed by atoms with Crippen molar-refractivity contribution in [3.8, 4) is 0 Å². The van der Waals surface area contributed by atoms with Crippen LogP contribution in [0.15, 0.2) is 60.8 Å². The van der Waals surface area contributed by atoms with E-state index in [1.807, 2.05) is 18.2 Å². The predicted octanol–water partition coefficient (Wildman–Crippen LogP) is -3.24. The number of amides is 9. The summed E-state index contributed by atoms with van der Waals surface area (Å²) in [6.07, 6.45) is 2.42. The summed E-state index contributed by atoms with van der Waals surface area (Å²) in [6.45, 7) is 0.608. The first-order valence-electron chi connectivity index (χ1n) is 24.6. The van der Waals surface area contributed by atoms with Gasteiger partial charge in [-0.25, -0.2) is 0 Å². The average Bonchev–Trinajstić information content (AvgIpc) is 4.05. The van der Waals surface area contributed by atoms with Gasteiger partial charge in [0.15, 0.2) is 11.9 Å². The molecule has 0 saturated carbocycles. The van der Waals surface area contributed by atoms with Crippen LogP contribution in [0.4, 0.5) is 0 Å². The molecule has 8 atom stereocenters. The molecule has 2 aliphatic heterocycles. The SMILES string of the molecule is CC(=O)N[C@@H](CCCNC(=N)N)C(=O)N[C@H]1CSSC[C@@H](C(N)=O)NC(=O)[C@H](Cc2c[nH]c3ccccc23)NC(=O)[C@H](CCCNC(=N)N)NC(=O)[C@@H](Cc2ccccc2)NC(=O)[C@@H]2CCCN2C(=O)[C@@H](CO)NC1=O. The largest absolute Gasteiger partial charge is 0.394 e. The molecule has 2 aromatic carbocycles. The highest BCUT2D eigenvalue weighted by Gasteiger charge is 2.40. The van der Waals surface area contributed by atoms with Crippen LogP contribution in [0, 0.1) is 10.8 Å². The molecule has 76 heavy (non-hydrogen) atoms. The van der Waals surface area contributed by atoms with E-state index in [4.69, 9.17) is 28.0 Å². The Balaban J connectivity index is 1.53. The Bertz CT molecular complexity index is 2570. The minimum absolute atomic E-state index is 0.0341. The molecule has 26 nitrogen and oxygen atoms in total. The summed E-state index contributed by atoms with van der Waals surface area (Å²) in [7, 11) is 1.96. The Morgan fingerprint density at radius 3 is 2.04 bits per heavy atom. The van der Waals surface area contributed by atoms with Gasteiger partial charge in [0.25, 0.3) is 0 Å². The number of primary amides is 1. The number of carbonyl (C=O) groups excluding carboxylic acids is 9. The number of hydrogen-bond acceptors (Lipinski definition) is 14. The second-order valence-corrected chi connectivity index (χ2v) is 20.7. The fourth-order valence-corrected chi connectivity index (χ4v) is 10.9. The lowest BCUT2D eigenvalue weighted by atomic mass is 10.0. The Morgan fingerprint density at radius 2 is 1.36 bits per heavy atom. The molecule has 19 N–H and O–H groups in total. The summed E-state index contributed by atoms with van der Waals surface area (Å²) in [6, 6.07) is 5.06. The number of aliphatic hydroxyl groups excluding tert-OH is 1. The molecule has 0 spiro atoms. The highest BCUT2D eigenvalue weighted by atomic mass is 33.1. The van der Waals surface area contributed by atoms with Gasteiger partial charge >= 0.3 is 0 Å². The number of benzene rings is 2. The summed E-state index contributed by atoms with van der Waals surface area (Å²) in [4.78, 5) is 130. The van der Waals surface area contributed by atoms with Crippen LogP contribution >= 0.6 is 21.6 Å². The first-order valence-corrected chi connectivity index (χ1v) is 27.1. The second-order valence-electron chi connectivity index (χ2n) is 18.2. The van der Waals surface area contributed by atoms with Crippen LogP contribution in [0.2, 0.25) is 0 Å². The van der Waals surface area contributed by atoms with E-state index < -0.39 is 108 Å². The van der Waals surface area contributed by atoms with Crippen LogP contribution in [0.25, 0.3) is 10.9 Å². The predicted molar refractivity (Wildman–Crippen MR) is 286 cm³/mol. The van der Waals surface area contributed by atoms with Gasteiger partial charge in [0.1, 0.15) is 48.3 Å². The van der Waals surface area contributed by atoms with Gasteiger partial charge in [-0.15, -0.1) is 0 Å². The van der Waals surface area contributed by atoms with Crippen molar-refractivity contribution in [1.82, 2.24) is 57.7 Å². The molecule has 2 saturated heterocycles. The molecule has 2 fully saturated rings. The van der Waals surface area contributed by atoms with Crippen molar-refractivity contribution in [3.63, 3.8) is 0 Å². The first-order chi connectivity index (χ1) is 36.3. The van der Waals surface area contributed by atoms with Gasteiger partial charge < -0.3 is 80.0 Å². The molecule has 412 valence electrons. The van der Waals surface area contributed by atoms with Crippen LogP contribution in [-0.2, 0) is 56.0 Å². The van der Waals surface area contributed by atoms with Crippen molar-refractivity contribution in [2.45, 2.75) is 107 Å². The van der Waals surface area contributed by atoms with Crippen molar-refractivity contribution in [2.75, 3.05) is 37.7 Å². The van der Waals surface area contributed by atoms with Crippen molar-refractivity contribution in [3.05, 3.63) is 71.9 Å². The molecule has 0 radical (unpaired) electrons. The van der Waals surface area contributed by atoms with Crippen LogP contribution in [0.3, 0.4) is 0 Å². The van der Waals surface area contributed by atoms with Crippen molar-refractivity contribution in [2.24, 2.45) is 17.2 Å². The molecule has 0 aliphatic carbocycles. The van der Waals surface area contributed by atoms with E-state index >= 15 is 0 Å². The third kappa shape index (κ3) is 18.1. The number of nitrogens with one attached hydrogen (secondary N) is 12. The van der Waals surface area contributed by atoms with E-state index in [0.717, 1.165) is 32.5 Å². The maximum atomic E-state index is 14.6. The number of para-hydroxylation sites is 1. The quantitative estimate of drug-likeness (QED) is 0.0273. The molecule has 28 heteroatoms. The second kappa shape index (κ2) is 29.5. The van der Waals surface area contributed by atoms with Gasteiger partial charge in [-0.05, 0) is 55.7 Å². The summed E-state index contributed by atoms with van der Waals surface area (Å²) < 4.78 is 0. The lowest BCUT2D eigenvalue weighted by molar-refractivity contribution is -0.143. The molecule has 9 amide bonds. The lowest BCUT2D eigenvalue weighted by Gasteiger charge is -2.30. The number of carbonyl (C=O) groups is 9. The Morgan fingerprint density at radius 1 is 0.750 bits per heavy atom. The molecule has 3 aromatic rings. The molecule has 3 heterocycles. The molecular weight excluding hydrogens is 1020 g/mol. The molecule has 0 unspecified atom stereocenters. The van der Waals surface area contributed by atoms with Crippen molar-refractivity contribution >= 4 is 97.6 Å². The van der Waals surface area contributed by atoms with Crippen LogP contribution in [-0.4, -0.2) is 166 Å². The van der Waals surface area contributed by atoms with E-state index in [-0.39, 0.29) is 88.0 Å². The van der Waals surface area contributed by atoms with Crippen LogP contribution < -0.4 is 65.1 Å². The van der Waals surface area contributed by atoms with Crippen molar-refractivity contribution < 1.29 is 48.3 Å². The number of fused-ring (bicyclic) bond motifs is 2. The number of guanidine groups is 2. The van der Waals surface area contributed by atoms with Gasteiger partial charge in [-0.2, -0.15) is 0 Å². The Kier molecular flexibility index (Phi) is 23.0. The molecule has 5 rings (SSSR count). The van der Waals surface area contributed by atoms with E-state index in [1.54, 1.807) is 42.6 Å². The van der Waals surface area contributed by atoms with Gasteiger partial charge in [0, 0.05) is 68.0 Å². The topological polar surface area (TPSA) is 427 Å². The number of aromatic amines is 1. The summed E-state index contributed by atoms with van der Waals surface area (Å²) in [5, 5.41) is 50.2. The number of H-pyrrole nitrogens is 1. The van der Waals surface area contributed by atoms with E-state index in [9.17, 15) is 48.3 Å². The highest BCUT2D eigenvalue weighted by molar-refractivity contribution is 8.76. The highest BCUT2D eigenvalue weighted by Crippen LogP contribution is 2.25.